The van der Waals surface area contributed by atoms with Crippen LogP contribution in [-0.4, -0.2) is 29.3 Å². The van der Waals surface area contributed by atoms with E-state index >= 15 is 0 Å². The van der Waals surface area contributed by atoms with Crippen molar-refractivity contribution in [2.75, 3.05) is 13.2 Å². The van der Waals surface area contributed by atoms with Gasteiger partial charge in [0, 0.05) is 29.6 Å². The van der Waals surface area contributed by atoms with Gasteiger partial charge >= 0.3 is 5.97 Å². The molecule has 0 aliphatic carbocycles. The van der Waals surface area contributed by atoms with Gasteiger partial charge < -0.3 is 19.3 Å². The van der Waals surface area contributed by atoms with Gasteiger partial charge in [-0.2, -0.15) is 0 Å². The van der Waals surface area contributed by atoms with Gasteiger partial charge in [-0.25, -0.2) is 4.79 Å². The number of hydrogen-bond donors (Lipinski definition) is 1. The van der Waals surface area contributed by atoms with Crippen molar-refractivity contribution >= 4 is 12.0 Å². The smallest absolute Gasteiger partial charge is 0.341 e. The second-order valence-corrected chi connectivity index (χ2v) is 5.56. The van der Waals surface area contributed by atoms with E-state index in [1.165, 1.54) is 12.4 Å². The number of ether oxygens (including phenoxy) is 3. The lowest BCUT2D eigenvalue weighted by atomic mass is 9.93. The lowest BCUT2D eigenvalue weighted by molar-refractivity contribution is -0.154. The Morgan fingerprint density at radius 1 is 1.35 bits per heavy atom. The highest BCUT2D eigenvalue weighted by molar-refractivity contribution is 5.97. The molecule has 134 valence electrons. The average Bonchev–Trinajstić information content (AvgIpc) is 2.66. The molecule has 6 nitrogen and oxygen atoms in total. The molecule has 0 saturated carbocycles. The second kappa shape index (κ2) is 7.41. The van der Waals surface area contributed by atoms with Gasteiger partial charge in [-0.1, -0.05) is 12.7 Å². The molecule has 1 aliphatic heterocycles. The summed E-state index contributed by atoms with van der Waals surface area (Å²) in [4.78, 5) is 16.4. The third kappa shape index (κ3) is 3.32. The van der Waals surface area contributed by atoms with Crippen LogP contribution < -0.4 is 9.47 Å². The number of hydrogen-bond acceptors (Lipinski definition) is 6. The second-order valence-electron chi connectivity index (χ2n) is 5.56. The molecule has 0 bridgehead atoms. The monoisotopic (exact) mass is 353 g/mol. The number of aliphatic hydroxyl groups is 1. The Kier molecular flexibility index (Phi) is 5.04. The Morgan fingerprint density at radius 2 is 2.12 bits per heavy atom. The van der Waals surface area contributed by atoms with Gasteiger partial charge in [0.25, 0.3) is 5.79 Å². The molecule has 2 heterocycles. The van der Waals surface area contributed by atoms with Crippen molar-refractivity contribution in [2.45, 2.75) is 12.7 Å². The number of fused-ring (bicyclic) bond motifs is 1. The molecule has 1 atom stereocenters. The highest BCUT2D eigenvalue weighted by Gasteiger charge is 2.44. The molecule has 6 heteroatoms. The van der Waals surface area contributed by atoms with Crippen molar-refractivity contribution in [3.05, 3.63) is 72.1 Å². The van der Waals surface area contributed by atoms with Gasteiger partial charge in [-0.05, 0) is 37.3 Å². The molecule has 0 radical (unpaired) electrons. The number of nitrogens with zero attached hydrogens (tertiary/aromatic N) is 1. The zero-order chi connectivity index (χ0) is 18.6. The van der Waals surface area contributed by atoms with Crippen LogP contribution in [0.3, 0.4) is 0 Å². The van der Waals surface area contributed by atoms with E-state index in [2.05, 4.69) is 11.6 Å². The molecule has 1 aliphatic rings. The first-order valence-corrected chi connectivity index (χ1v) is 8.17. The number of aromatic nitrogens is 1. The summed E-state index contributed by atoms with van der Waals surface area (Å²) in [6, 6.07) is 8.32. The molecule has 3 rings (SSSR count). The van der Waals surface area contributed by atoms with Crippen LogP contribution in [0.2, 0.25) is 0 Å². The van der Waals surface area contributed by atoms with E-state index in [1.54, 1.807) is 49.4 Å². The molecule has 1 aromatic heterocycles. The highest BCUT2D eigenvalue weighted by atomic mass is 16.6. The van der Waals surface area contributed by atoms with Gasteiger partial charge in [0.15, 0.2) is 0 Å². The normalized spacial score (nSPS) is 18.2. The first-order valence-electron chi connectivity index (χ1n) is 8.17. The predicted octanol–water partition coefficient (Wildman–Crippen LogP) is 2.83. The topological polar surface area (TPSA) is 77.9 Å². The molecular formula is C20H19NO5. The summed E-state index contributed by atoms with van der Waals surface area (Å²) in [7, 11) is 0. The van der Waals surface area contributed by atoms with Crippen molar-refractivity contribution in [1.82, 2.24) is 4.98 Å². The van der Waals surface area contributed by atoms with E-state index in [-0.39, 0.29) is 12.2 Å². The number of carbonyl (C=O) groups excluding carboxylic acids is 1. The minimum Gasteiger partial charge on any atom is -0.489 e. The minimum absolute atomic E-state index is 0.00203. The van der Waals surface area contributed by atoms with Crippen molar-refractivity contribution in [1.29, 1.82) is 0 Å². The molecule has 0 spiro atoms. The summed E-state index contributed by atoms with van der Waals surface area (Å²) in [6.07, 6.45) is 6.22. The highest BCUT2D eigenvalue weighted by Crippen LogP contribution is 2.42. The van der Waals surface area contributed by atoms with E-state index < -0.39 is 11.8 Å². The van der Waals surface area contributed by atoms with Crippen LogP contribution >= 0.6 is 0 Å². The van der Waals surface area contributed by atoms with Crippen LogP contribution in [-0.2, 0) is 15.3 Å². The average molecular weight is 353 g/mol. The van der Waals surface area contributed by atoms with Crippen LogP contribution in [0.1, 0.15) is 18.1 Å². The van der Waals surface area contributed by atoms with Gasteiger partial charge in [0.1, 0.15) is 23.7 Å². The summed E-state index contributed by atoms with van der Waals surface area (Å²) < 4.78 is 16.5. The van der Waals surface area contributed by atoms with Crippen molar-refractivity contribution in [3.63, 3.8) is 0 Å². The predicted molar refractivity (Wildman–Crippen MR) is 95.5 cm³/mol. The zero-order valence-corrected chi connectivity index (χ0v) is 14.3. The maximum absolute atomic E-state index is 12.4. The number of benzene rings is 1. The number of rotatable bonds is 6. The van der Waals surface area contributed by atoms with E-state index in [0.29, 0.717) is 29.2 Å². The minimum atomic E-state index is -1.99. The van der Waals surface area contributed by atoms with Gasteiger partial charge in [-0.3, -0.25) is 4.98 Å². The molecule has 1 aromatic carbocycles. The Bertz CT molecular complexity index is 847. The van der Waals surface area contributed by atoms with E-state index in [1.807, 2.05) is 0 Å². The Morgan fingerprint density at radius 3 is 2.81 bits per heavy atom. The van der Waals surface area contributed by atoms with E-state index in [9.17, 15) is 9.90 Å². The summed E-state index contributed by atoms with van der Waals surface area (Å²) in [6.45, 7) is 5.84. The maximum atomic E-state index is 12.4. The summed E-state index contributed by atoms with van der Waals surface area (Å²) in [5.74, 6) is -1.68. The maximum Gasteiger partial charge on any atom is 0.341 e. The molecule has 1 unspecified atom stereocenters. The molecule has 1 N–H and O–H groups in total. The molecule has 26 heavy (non-hydrogen) atoms. The Labute approximate surface area is 151 Å². The summed E-state index contributed by atoms with van der Waals surface area (Å²) in [5.41, 5.74) is 1.01. The fourth-order valence-corrected chi connectivity index (χ4v) is 2.63. The van der Waals surface area contributed by atoms with Gasteiger partial charge in [-0.15, -0.1) is 0 Å². The van der Waals surface area contributed by atoms with Gasteiger partial charge in [0.05, 0.1) is 6.61 Å². The Hall–Kier alpha value is -3.12. The quantitative estimate of drug-likeness (QED) is 0.636. The standard InChI is InChI=1S/C20H19NO5/c1-3-11-25-16-6-5-14-12-17(19(22)24-4-2)20(23,26-18(14)13-16)15-7-9-21-10-8-15/h3,5-10,12-13,23H,1,4,11H2,2H3. The van der Waals surface area contributed by atoms with Crippen molar-refractivity contribution in [3.8, 4) is 11.5 Å². The van der Waals surface area contributed by atoms with Crippen molar-refractivity contribution in [2.24, 2.45) is 0 Å². The number of pyridine rings is 1. The van der Waals surface area contributed by atoms with Gasteiger partial charge in [0.2, 0.25) is 0 Å². The van der Waals surface area contributed by atoms with Crippen LogP contribution in [0.15, 0.2) is 61.0 Å². The lowest BCUT2D eigenvalue weighted by Gasteiger charge is -2.34. The number of carbonyl (C=O) groups is 1. The first-order chi connectivity index (χ1) is 12.6. The molecule has 0 fully saturated rings. The van der Waals surface area contributed by atoms with E-state index in [0.717, 1.165) is 0 Å². The number of esters is 1. The molecular weight excluding hydrogens is 334 g/mol. The zero-order valence-electron chi connectivity index (χ0n) is 14.3. The lowest BCUT2D eigenvalue weighted by Crippen LogP contribution is -2.40. The first kappa shape index (κ1) is 17.7. The molecule has 0 saturated heterocycles. The Balaban J connectivity index is 2.08. The fourth-order valence-electron chi connectivity index (χ4n) is 2.63. The van der Waals surface area contributed by atoms with E-state index in [4.69, 9.17) is 14.2 Å². The summed E-state index contributed by atoms with van der Waals surface area (Å²) >= 11 is 0. The van der Waals surface area contributed by atoms with Crippen LogP contribution in [0.25, 0.3) is 6.08 Å². The van der Waals surface area contributed by atoms with Crippen LogP contribution in [0.4, 0.5) is 0 Å². The molecule has 2 aromatic rings. The van der Waals surface area contributed by atoms with Crippen LogP contribution in [0, 0.1) is 0 Å². The summed E-state index contributed by atoms with van der Waals surface area (Å²) in [5, 5.41) is 11.2. The van der Waals surface area contributed by atoms with Crippen molar-refractivity contribution < 1.29 is 24.1 Å². The fraction of sp³-hybridized carbons (Fsp3) is 0.200. The van der Waals surface area contributed by atoms with Crippen LogP contribution in [0.5, 0.6) is 11.5 Å². The molecule has 0 amide bonds. The largest absolute Gasteiger partial charge is 0.489 e. The SMILES string of the molecule is C=CCOc1ccc2c(c1)OC(O)(c1ccncc1)C(C(=O)OCC)=C2. The third-order valence-electron chi connectivity index (χ3n) is 3.84. The third-order valence-corrected chi connectivity index (χ3v) is 3.84.